The largest absolute Gasteiger partial charge is 0.449 e. The second kappa shape index (κ2) is 15.6. The van der Waals surface area contributed by atoms with Crippen LogP contribution in [-0.2, 0) is 27.2 Å². The molecule has 0 bridgehead atoms. The number of likely N-dealkylation sites (N-methyl/N-ethyl adjacent to an activating group) is 1. The number of halogens is 1. The Kier molecular flexibility index (Phi) is 12.6. The maximum absolute atomic E-state index is 13.5. The topological polar surface area (TPSA) is 67.9 Å². The fourth-order valence-electron chi connectivity index (χ4n) is 4.36. The third-order valence-electron chi connectivity index (χ3n) is 6.13. The van der Waals surface area contributed by atoms with Gasteiger partial charge in [0.15, 0.2) is 0 Å². The zero-order valence-corrected chi connectivity index (χ0v) is 23.2. The summed E-state index contributed by atoms with van der Waals surface area (Å²) in [6.07, 6.45) is -0.181. The van der Waals surface area contributed by atoms with Gasteiger partial charge in [-0.3, -0.25) is 4.79 Å². The van der Waals surface area contributed by atoms with Gasteiger partial charge >= 0.3 is 6.09 Å². The van der Waals surface area contributed by atoms with Crippen molar-refractivity contribution < 1.29 is 23.5 Å². The van der Waals surface area contributed by atoms with Crippen molar-refractivity contribution >= 4 is 11.9 Å². The number of carbonyl (C=O) groups is 2. The fourth-order valence-corrected chi connectivity index (χ4v) is 4.36. The minimum Gasteiger partial charge on any atom is -0.449 e. The molecule has 6 nitrogen and oxygen atoms in total. The van der Waals surface area contributed by atoms with Gasteiger partial charge in [-0.1, -0.05) is 86.6 Å². The maximum atomic E-state index is 13.5. The molecule has 204 valence electrons. The molecule has 0 aliphatic heterocycles. The van der Waals surface area contributed by atoms with Gasteiger partial charge in [-0.25, -0.2) is 4.79 Å². The number of nitrogens with zero attached hydrogens (tertiary/aromatic N) is 1. The van der Waals surface area contributed by atoms with E-state index in [-0.39, 0.29) is 18.3 Å². The summed E-state index contributed by atoms with van der Waals surface area (Å²) in [5, 5.41) is 3.22. The van der Waals surface area contributed by atoms with Crippen LogP contribution < -0.4 is 5.32 Å². The molecule has 3 aromatic carbocycles. The van der Waals surface area contributed by atoms with Gasteiger partial charge in [-0.05, 0) is 46.7 Å². The minimum atomic E-state index is -0.796. The highest BCUT2D eigenvalue weighted by molar-refractivity contribution is 5.81. The third kappa shape index (κ3) is 8.23. The lowest BCUT2D eigenvalue weighted by molar-refractivity contribution is -0.127. The van der Waals surface area contributed by atoms with E-state index in [9.17, 15) is 14.1 Å². The highest BCUT2D eigenvalue weighted by Gasteiger charge is 2.29. The van der Waals surface area contributed by atoms with E-state index in [0.29, 0.717) is 18.1 Å². The molecule has 4 rings (SSSR count). The zero-order chi connectivity index (χ0) is 28.1. The second-order valence-corrected chi connectivity index (χ2v) is 8.76. The van der Waals surface area contributed by atoms with Crippen LogP contribution in [0.2, 0.25) is 0 Å². The Bertz CT molecular complexity index is 1120. The molecule has 1 unspecified atom stereocenters. The Morgan fingerprint density at radius 2 is 1.37 bits per heavy atom. The van der Waals surface area contributed by atoms with E-state index in [1.54, 1.807) is 14.2 Å². The summed E-state index contributed by atoms with van der Waals surface area (Å²) in [6.45, 7) is 5.96. The first kappa shape index (κ1) is 30.7. The normalized spacial score (nSPS) is 12.2. The number of benzene rings is 3. The molecule has 0 spiro atoms. The SMILES string of the molecule is CC.CC(=O)C(Cc1ccc(CNC(=O)OCC2c3ccccc3-c3ccccc32)cc1)N(C)F.COC. The van der Waals surface area contributed by atoms with E-state index in [0.717, 1.165) is 11.1 Å². The molecule has 0 saturated carbocycles. The van der Waals surface area contributed by atoms with Crippen LogP contribution in [0.5, 0.6) is 0 Å². The number of nitrogens with one attached hydrogen (secondary N) is 1. The quantitative estimate of drug-likeness (QED) is 0.350. The molecule has 0 saturated heterocycles. The number of methoxy groups -OCH3 is 1. The summed E-state index contributed by atoms with van der Waals surface area (Å²) in [6, 6.07) is 23.0. The van der Waals surface area contributed by atoms with E-state index in [2.05, 4.69) is 34.3 Å². The summed E-state index contributed by atoms with van der Waals surface area (Å²) in [5.74, 6) is -0.203. The lowest BCUT2D eigenvalue weighted by Gasteiger charge is -2.17. The van der Waals surface area contributed by atoms with Crippen LogP contribution in [0.15, 0.2) is 72.8 Å². The number of carbonyl (C=O) groups excluding carboxylic acids is 2. The van der Waals surface area contributed by atoms with E-state index < -0.39 is 12.1 Å². The zero-order valence-electron chi connectivity index (χ0n) is 23.2. The summed E-state index contributed by atoms with van der Waals surface area (Å²) in [4.78, 5) is 23.9. The van der Waals surface area contributed by atoms with Crippen LogP contribution in [0, 0.1) is 0 Å². The predicted molar refractivity (Wildman–Crippen MR) is 150 cm³/mol. The molecule has 0 fully saturated rings. The van der Waals surface area contributed by atoms with Crippen LogP contribution in [-0.4, -0.2) is 50.9 Å². The van der Waals surface area contributed by atoms with E-state index in [4.69, 9.17) is 4.74 Å². The molecule has 0 aromatic heterocycles. The van der Waals surface area contributed by atoms with Crippen LogP contribution in [0.4, 0.5) is 9.28 Å². The molecule has 0 radical (unpaired) electrons. The summed E-state index contributed by atoms with van der Waals surface area (Å²) >= 11 is 0. The summed E-state index contributed by atoms with van der Waals surface area (Å²) < 4.78 is 23.3. The highest BCUT2D eigenvalue weighted by atomic mass is 19.2. The Balaban J connectivity index is 0.000000947. The van der Waals surface area contributed by atoms with Gasteiger partial charge in [0.05, 0.1) is 0 Å². The number of rotatable bonds is 8. The van der Waals surface area contributed by atoms with Gasteiger partial charge in [0.2, 0.25) is 0 Å². The van der Waals surface area contributed by atoms with Crippen LogP contribution in [0.25, 0.3) is 11.1 Å². The number of amides is 1. The Morgan fingerprint density at radius 1 is 0.895 bits per heavy atom. The number of Topliss-reactive ketones (excluding diaryl/α,β-unsaturated/α-hetero) is 1. The van der Waals surface area contributed by atoms with E-state index in [1.807, 2.05) is 62.4 Å². The summed E-state index contributed by atoms with van der Waals surface area (Å²) in [7, 11) is 4.50. The van der Waals surface area contributed by atoms with Crippen LogP contribution in [0.1, 0.15) is 48.9 Å². The molecule has 0 heterocycles. The smallest absolute Gasteiger partial charge is 0.407 e. The second-order valence-electron chi connectivity index (χ2n) is 8.76. The number of ether oxygens (including phenoxy) is 2. The molecule has 38 heavy (non-hydrogen) atoms. The number of alkyl carbamates (subject to hydrolysis) is 1. The van der Waals surface area contributed by atoms with Gasteiger partial charge in [0, 0.05) is 33.7 Å². The number of ketones is 1. The average molecular weight is 523 g/mol. The monoisotopic (exact) mass is 522 g/mol. The van der Waals surface area contributed by atoms with Gasteiger partial charge < -0.3 is 14.8 Å². The first-order valence-corrected chi connectivity index (χ1v) is 12.8. The van der Waals surface area contributed by atoms with Crippen molar-refractivity contribution in [1.29, 1.82) is 0 Å². The molecule has 1 aliphatic rings. The predicted octanol–water partition coefficient (Wildman–Crippen LogP) is 6.33. The van der Waals surface area contributed by atoms with Crippen molar-refractivity contribution in [3.63, 3.8) is 0 Å². The number of hydrogen-bond donors (Lipinski definition) is 1. The molecular formula is C31H39FN2O4. The van der Waals surface area contributed by atoms with Crippen molar-refractivity contribution in [2.75, 3.05) is 27.9 Å². The minimum absolute atomic E-state index is 0.0188. The number of hydrogen-bond acceptors (Lipinski definition) is 5. The summed E-state index contributed by atoms with van der Waals surface area (Å²) in [5.41, 5.74) is 6.46. The van der Waals surface area contributed by atoms with Crippen molar-refractivity contribution in [2.45, 2.75) is 45.7 Å². The maximum Gasteiger partial charge on any atom is 0.407 e. The van der Waals surface area contributed by atoms with E-state index >= 15 is 0 Å². The Hall–Kier alpha value is -3.55. The molecule has 3 aromatic rings. The van der Waals surface area contributed by atoms with E-state index in [1.165, 1.54) is 36.2 Å². The Labute approximate surface area is 225 Å². The standard InChI is InChI=1S/C27H27FN2O3.C2H6O.C2H6/c1-18(31)26(30(2)28)15-19-11-13-20(14-12-19)16-29-27(32)33-17-25-23-9-5-3-7-21(23)22-8-4-6-10-24(22)25;1-3-2;1-2/h3-14,25-26H,15-17H2,1-2H3,(H,29,32);1-2H3;1-2H3. The highest BCUT2D eigenvalue weighted by Crippen LogP contribution is 2.44. The van der Waals surface area contributed by atoms with Crippen molar-refractivity contribution in [2.24, 2.45) is 0 Å². The first-order valence-electron chi connectivity index (χ1n) is 12.8. The van der Waals surface area contributed by atoms with Crippen LogP contribution in [0.3, 0.4) is 0 Å². The van der Waals surface area contributed by atoms with Crippen molar-refractivity contribution in [3.05, 3.63) is 95.1 Å². The Morgan fingerprint density at radius 3 is 1.84 bits per heavy atom. The lowest BCUT2D eigenvalue weighted by Crippen LogP contribution is -2.33. The number of fused-ring (bicyclic) bond motifs is 3. The van der Waals surface area contributed by atoms with Gasteiger partial charge in [-0.15, -0.1) is 9.60 Å². The average Bonchev–Trinajstić information content (AvgIpc) is 3.25. The molecular weight excluding hydrogens is 483 g/mol. The van der Waals surface area contributed by atoms with Gasteiger partial charge in [-0.2, -0.15) is 0 Å². The van der Waals surface area contributed by atoms with Gasteiger partial charge in [0.25, 0.3) is 0 Å². The van der Waals surface area contributed by atoms with Crippen LogP contribution >= 0.6 is 0 Å². The molecule has 1 amide bonds. The van der Waals surface area contributed by atoms with Gasteiger partial charge in [0.1, 0.15) is 18.4 Å². The van der Waals surface area contributed by atoms with Crippen molar-refractivity contribution in [3.8, 4) is 11.1 Å². The molecule has 7 heteroatoms. The first-order chi connectivity index (χ1) is 18.3. The molecule has 1 aliphatic carbocycles. The lowest BCUT2D eigenvalue weighted by atomic mass is 9.98. The third-order valence-corrected chi connectivity index (χ3v) is 6.13. The molecule has 1 N–H and O–H groups in total. The van der Waals surface area contributed by atoms with Crippen molar-refractivity contribution in [1.82, 2.24) is 10.4 Å². The molecule has 1 atom stereocenters. The fraction of sp³-hybridized carbons (Fsp3) is 0.355.